The van der Waals surface area contributed by atoms with Crippen LogP contribution in [0.25, 0.3) is 0 Å². The number of carbonyl (C=O) groups is 3. The quantitative estimate of drug-likeness (QED) is 0.324. The van der Waals surface area contributed by atoms with Gasteiger partial charge in [-0.25, -0.2) is 0 Å². The van der Waals surface area contributed by atoms with Gasteiger partial charge in [-0.1, -0.05) is 29.8 Å². The lowest BCUT2D eigenvalue weighted by Gasteiger charge is -2.13. The average Bonchev–Trinajstić information content (AvgIpc) is 2.67. The zero-order chi connectivity index (χ0) is 20.7. The molecular formula is C20H20N2O6. The number of rotatable bonds is 8. The van der Waals surface area contributed by atoms with Crippen molar-refractivity contribution < 1.29 is 24.0 Å². The molecule has 146 valence electrons. The van der Waals surface area contributed by atoms with Gasteiger partial charge in [-0.2, -0.15) is 0 Å². The molecule has 2 aromatic carbocycles. The van der Waals surface area contributed by atoms with Crippen LogP contribution in [0.15, 0.2) is 48.5 Å². The van der Waals surface area contributed by atoms with E-state index in [-0.39, 0.29) is 30.0 Å². The molecule has 0 heterocycles. The maximum Gasteiger partial charge on any atom is 0.308 e. The first-order valence-electron chi connectivity index (χ1n) is 8.61. The Kier molecular flexibility index (Phi) is 6.97. The van der Waals surface area contributed by atoms with Crippen molar-refractivity contribution in [1.29, 1.82) is 0 Å². The highest BCUT2D eigenvalue weighted by Crippen LogP contribution is 2.12. The number of hydrogen-bond donors (Lipinski definition) is 1. The van der Waals surface area contributed by atoms with E-state index >= 15 is 0 Å². The molecule has 1 N–H and O–H groups in total. The van der Waals surface area contributed by atoms with Crippen molar-refractivity contribution in [1.82, 2.24) is 5.32 Å². The molecule has 8 heteroatoms. The zero-order valence-electron chi connectivity index (χ0n) is 15.5. The molecule has 1 amide bonds. The molecule has 0 radical (unpaired) electrons. The minimum atomic E-state index is -0.930. The third-order valence-electron chi connectivity index (χ3n) is 3.97. The van der Waals surface area contributed by atoms with Crippen molar-refractivity contribution in [3.63, 3.8) is 0 Å². The second-order valence-electron chi connectivity index (χ2n) is 6.17. The highest BCUT2D eigenvalue weighted by molar-refractivity contribution is 6.00. The van der Waals surface area contributed by atoms with Crippen molar-refractivity contribution in [2.75, 3.05) is 6.54 Å². The van der Waals surface area contributed by atoms with E-state index in [1.807, 2.05) is 6.92 Å². The van der Waals surface area contributed by atoms with E-state index in [9.17, 15) is 24.5 Å². The number of ether oxygens (including phenoxy) is 1. The standard InChI is InChI=1S/C20H20N2O6/c1-13-3-5-15(6-4-13)19(24)14(2)28-18(23)11-12-21-20(25)16-7-9-17(10-8-16)22(26)27/h3-10,14H,11-12H2,1-2H3,(H,21,25)/t14-/m0/s1. The summed E-state index contributed by atoms with van der Waals surface area (Å²) in [6, 6.07) is 12.1. The maximum absolute atomic E-state index is 12.2. The van der Waals surface area contributed by atoms with E-state index in [0.29, 0.717) is 5.56 Å². The molecule has 0 unspecified atom stereocenters. The number of carbonyl (C=O) groups excluding carboxylic acids is 3. The summed E-state index contributed by atoms with van der Waals surface area (Å²) in [7, 11) is 0. The van der Waals surface area contributed by atoms with Crippen LogP contribution >= 0.6 is 0 Å². The molecule has 2 aromatic rings. The minimum absolute atomic E-state index is 0.0140. The average molecular weight is 384 g/mol. The summed E-state index contributed by atoms with van der Waals surface area (Å²) in [4.78, 5) is 46.1. The summed E-state index contributed by atoms with van der Waals surface area (Å²) in [5, 5.41) is 13.1. The number of aryl methyl sites for hydroxylation is 1. The summed E-state index contributed by atoms with van der Waals surface area (Å²) >= 11 is 0. The van der Waals surface area contributed by atoms with E-state index < -0.39 is 22.9 Å². The normalized spacial score (nSPS) is 11.4. The molecule has 0 saturated heterocycles. The highest BCUT2D eigenvalue weighted by atomic mass is 16.6. The minimum Gasteiger partial charge on any atom is -0.454 e. The van der Waals surface area contributed by atoms with Gasteiger partial charge in [0.2, 0.25) is 5.78 Å². The lowest BCUT2D eigenvalue weighted by atomic mass is 10.1. The number of nitrogens with one attached hydrogen (secondary N) is 1. The molecule has 0 bridgehead atoms. The van der Waals surface area contributed by atoms with E-state index in [2.05, 4.69) is 5.32 Å². The molecule has 0 aliphatic heterocycles. The van der Waals surface area contributed by atoms with Crippen LogP contribution in [0.1, 0.15) is 39.6 Å². The molecule has 0 aliphatic rings. The Hall–Kier alpha value is -3.55. The zero-order valence-corrected chi connectivity index (χ0v) is 15.5. The summed E-state index contributed by atoms with van der Waals surface area (Å²) < 4.78 is 5.11. The summed E-state index contributed by atoms with van der Waals surface area (Å²) in [6.45, 7) is 3.42. The molecule has 0 aromatic heterocycles. The van der Waals surface area contributed by atoms with Crippen LogP contribution in [0.4, 0.5) is 5.69 Å². The fourth-order valence-electron chi connectivity index (χ4n) is 2.38. The van der Waals surface area contributed by atoms with Gasteiger partial charge in [-0.15, -0.1) is 0 Å². The number of benzene rings is 2. The number of ketones is 1. The summed E-state index contributed by atoms with van der Waals surface area (Å²) in [5.41, 5.74) is 1.59. The third kappa shape index (κ3) is 5.73. The first-order chi connectivity index (χ1) is 13.3. The fourth-order valence-corrected chi connectivity index (χ4v) is 2.38. The molecule has 2 rings (SSSR count). The van der Waals surface area contributed by atoms with Crippen LogP contribution in [0.2, 0.25) is 0 Å². The predicted octanol–water partition coefficient (Wildman–Crippen LogP) is 2.84. The Morgan fingerprint density at radius 2 is 1.61 bits per heavy atom. The lowest BCUT2D eigenvalue weighted by molar-refractivity contribution is -0.384. The Balaban J connectivity index is 1.78. The number of hydrogen-bond acceptors (Lipinski definition) is 6. The van der Waals surface area contributed by atoms with Gasteiger partial charge in [0.25, 0.3) is 11.6 Å². The first kappa shape index (κ1) is 20.8. The molecule has 0 saturated carbocycles. The molecule has 28 heavy (non-hydrogen) atoms. The van der Waals surface area contributed by atoms with Gasteiger partial charge < -0.3 is 10.1 Å². The van der Waals surface area contributed by atoms with Crippen molar-refractivity contribution >= 4 is 23.3 Å². The van der Waals surface area contributed by atoms with Crippen LogP contribution in [0.3, 0.4) is 0 Å². The van der Waals surface area contributed by atoms with Crippen LogP contribution in [0, 0.1) is 17.0 Å². The van der Waals surface area contributed by atoms with Gasteiger partial charge in [0.15, 0.2) is 6.10 Å². The van der Waals surface area contributed by atoms with Gasteiger partial charge in [-0.05, 0) is 26.0 Å². The number of Topliss-reactive ketones (excluding diaryl/α,β-unsaturated/α-hetero) is 1. The van der Waals surface area contributed by atoms with Gasteiger partial charge in [-0.3, -0.25) is 24.5 Å². The van der Waals surface area contributed by atoms with Gasteiger partial charge in [0.05, 0.1) is 11.3 Å². The van der Waals surface area contributed by atoms with Gasteiger partial charge in [0.1, 0.15) is 0 Å². The third-order valence-corrected chi connectivity index (χ3v) is 3.97. The predicted molar refractivity (Wildman–Crippen MR) is 101 cm³/mol. The van der Waals surface area contributed by atoms with Crippen molar-refractivity contribution in [2.45, 2.75) is 26.4 Å². The van der Waals surface area contributed by atoms with Gasteiger partial charge in [0, 0.05) is 29.8 Å². The molecule has 0 fully saturated rings. The Morgan fingerprint density at radius 3 is 2.18 bits per heavy atom. The van der Waals surface area contributed by atoms with E-state index in [1.54, 1.807) is 24.3 Å². The van der Waals surface area contributed by atoms with Crippen molar-refractivity contribution in [2.24, 2.45) is 0 Å². The number of nitrogens with zero attached hydrogens (tertiary/aromatic N) is 1. The topological polar surface area (TPSA) is 116 Å². The van der Waals surface area contributed by atoms with Crippen LogP contribution < -0.4 is 5.32 Å². The van der Waals surface area contributed by atoms with E-state index in [0.717, 1.165) is 5.56 Å². The molecule has 1 atom stereocenters. The fraction of sp³-hybridized carbons (Fsp3) is 0.250. The highest BCUT2D eigenvalue weighted by Gasteiger charge is 2.19. The van der Waals surface area contributed by atoms with Crippen molar-refractivity contribution in [3.8, 4) is 0 Å². The number of nitro benzene ring substituents is 1. The maximum atomic E-state index is 12.2. The second kappa shape index (κ2) is 9.40. The largest absolute Gasteiger partial charge is 0.454 e. The number of amides is 1. The molecule has 0 aliphatic carbocycles. The molecule has 0 spiro atoms. The smallest absolute Gasteiger partial charge is 0.308 e. The SMILES string of the molecule is Cc1ccc(C(=O)[C@H](C)OC(=O)CCNC(=O)c2ccc([N+](=O)[O-])cc2)cc1. The van der Waals surface area contributed by atoms with Crippen LogP contribution in [-0.2, 0) is 9.53 Å². The lowest BCUT2D eigenvalue weighted by Crippen LogP contribution is -2.29. The van der Waals surface area contributed by atoms with E-state index in [4.69, 9.17) is 4.74 Å². The van der Waals surface area contributed by atoms with Crippen molar-refractivity contribution in [3.05, 3.63) is 75.3 Å². The summed E-state index contributed by atoms with van der Waals surface area (Å²) in [6.07, 6.45) is -1.04. The monoisotopic (exact) mass is 384 g/mol. The van der Waals surface area contributed by atoms with Crippen LogP contribution in [0.5, 0.6) is 0 Å². The Labute approximate surface area is 161 Å². The van der Waals surface area contributed by atoms with E-state index in [1.165, 1.54) is 31.2 Å². The van der Waals surface area contributed by atoms with Crippen LogP contribution in [-0.4, -0.2) is 35.2 Å². The summed E-state index contributed by atoms with van der Waals surface area (Å²) in [5.74, 6) is -1.38. The Bertz CT molecular complexity index is 875. The second-order valence-corrected chi connectivity index (χ2v) is 6.17. The molecule has 8 nitrogen and oxygen atoms in total. The number of non-ortho nitro benzene ring substituents is 1. The number of esters is 1. The molecular weight excluding hydrogens is 364 g/mol. The van der Waals surface area contributed by atoms with Gasteiger partial charge >= 0.3 is 5.97 Å². The first-order valence-corrected chi connectivity index (χ1v) is 8.61. The Morgan fingerprint density at radius 1 is 1.04 bits per heavy atom. The number of nitro groups is 1.